The Labute approximate surface area is 164 Å². The molecule has 1 atom stereocenters. The molecule has 6 nitrogen and oxygen atoms in total. The van der Waals surface area contributed by atoms with Crippen LogP contribution in [0.4, 0.5) is 0 Å². The highest BCUT2D eigenvalue weighted by atomic mass is 35.5. The molecule has 1 aliphatic rings. The van der Waals surface area contributed by atoms with Crippen molar-refractivity contribution in [2.75, 3.05) is 13.1 Å². The van der Waals surface area contributed by atoms with Gasteiger partial charge in [-0.15, -0.1) is 0 Å². The van der Waals surface area contributed by atoms with E-state index in [-0.39, 0.29) is 11.8 Å². The highest BCUT2D eigenvalue weighted by Gasteiger charge is 2.24. The van der Waals surface area contributed by atoms with Crippen molar-refractivity contribution in [1.82, 2.24) is 19.8 Å². The standard InChI is InChI=1S/C20H25ClN4O2/c21-18-6-2-1-5-17(18)12-23-19(26)8-7-16-4-3-10-25(13-16)20(27)14-24-11-9-22-15-24/h1-2,5-6,9,11,15-16H,3-4,7-8,10,12-14H2,(H,23,26). The van der Waals surface area contributed by atoms with Gasteiger partial charge in [0, 0.05) is 43.5 Å². The Bertz CT molecular complexity index is 763. The summed E-state index contributed by atoms with van der Waals surface area (Å²) in [7, 11) is 0. The number of hydrogen-bond donors (Lipinski definition) is 1. The molecule has 3 rings (SSSR count). The molecule has 2 aromatic rings. The van der Waals surface area contributed by atoms with Gasteiger partial charge in [-0.1, -0.05) is 29.8 Å². The summed E-state index contributed by atoms with van der Waals surface area (Å²) >= 11 is 6.11. The first-order valence-corrected chi connectivity index (χ1v) is 9.73. The van der Waals surface area contributed by atoms with Crippen molar-refractivity contribution in [3.63, 3.8) is 0 Å². The minimum absolute atomic E-state index is 0.0248. The van der Waals surface area contributed by atoms with Crippen molar-refractivity contribution in [2.24, 2.45) is 5.92 Å². The summed E-state index contributed by atoms with van der Waals surface area (Å²) in [6.45, 7) is 2.29. The molecule has 1 unspecified atom stereocenters. The number of halogens is 1. The van der Waals surface area contributed by atoms with E-state index in [4.69, 9.17) is 11.6 Å². The van der Waals surface area contributed by atoms with Gasteiger partial charge in [-0.05, 0) is 36.8 Å². The summed E-state index contributed by atoms with van der Waals surface area (Å²) in [5, 5.41) is 3.59. The number of carbonyl (C=O) groups is 2. The van der Waals surface area contributed by atoms with E-state index < -0.39 is 0 Å². The number of piperidine rings is 1. The molecular weight excluding hydrogens is 364 g/mol. The number of nitrogens with zero attached hydrogens (tertiary/aromatic N) is 3. The third kappa shape index (κ3) is 5.82. The molecule has 1 fully saturated rings. The number of hydrogen-bond acceptors (Lipinski definition) is 3. The lowest BCUT2D eigenvalue weighted by Crippen LogP contribution is -2.41. The van der Waals surface area contributed by atoms with E-state index in [9.17, 15) is 9.59 Å². The molecule has 0 saturated carbocycles. The maximum Gasteiger partial charge on any atom is 0.242 e. The zero-order valence-corrected chi connectivity index (χ0v) is 16.1. The average molecular weight is 389 g/mol. The third-order valence-electron chi connectivity index (χ3n) is 4.96. The fourth-order valence-corrected chi connectivity index (χ4v) is 3.63. The molecule has 2 heterocycles. The molecule has 2 amide bonds. The quantitative estimate of drug-likeness (QED) is 0.793. The van der Waals surface area contributed by atoms with Crippen molar-refractivity contribution in [3.8, 4) is 0 Å². The summed E-state index contributed by atoms with van der Waals surface area (Å²) in [5.41, 5.74) is 0.918. The lowest BCUT2D eigenvalue weighted by molar-refractivity contribution is -0.133. The molecule has 27 heavy (non-hydrogen) atoms. The average Bonchev–Trinajstić information content (AvgIpc) is 3.19. The van der Waals surface area contributed by atoms with Crippen molar-refractivity contribution < 1.29 is 9.59 Å². The topological polar surface area (TPSA) is 67.2 Å². The van der Waals surface area contributed by atoms with Gasteiger partial charge in [0.1, 0.15) is 6.54 Å². The fourth-order valence-electron chi connectivity index (χ4n) is 3.42. The molecule has 0 spiro atoms. The predicted molar refractivity (Wildman–Crippen MR) is 104 cm³/mol. The first kappa shape index (κ1) is 19.4. The van der Waals surface area contributed by atoms with Crippen LogP contribution in [0.2, 0.25) is 5.02 Å². The minimum Gasteiger partial charge on any atom is -0.352 e. The Balaban J connectivity index is 1.40. The Morgan fingerprint density at radius 1 is 1.30 bits per heavy atom. The van der Waals surface area contributed by atoms with Crippen LogP contribution in [-0.4, -0.2) is 39.4 Å². The Hall–Kier alpha value is -2.34. The van der Waals surface area contributed by atoms with Crippen LogP contribution in [0.3, 0.4) is 0 Å². The minimum atomic E-state index is 0.0248. The van der Waals surface area contributed by atoms with E-state index in [1.165, 1.54) is 0 Å². The third-order valence-corrected chi connectivity index (χ3v) is 5.33. The molecule has 1 aromatic heterocycles. The maximum absolute atomic E-state index is 12.4. The van der Waals surface area contributed by atoms with E-state index in [0.29, 0.717) is 30.5 Å². The van der Waals surface area contributed by atoms with Gasteiger partial charge in [0.15, 0.2) is 0 Å². The molecule has 144 valence electrons. The number of carbonyl (C=O) groups excluding carboxylic acids is 2. The smallest absolute Gasteiger partial charge is 0.242 e. The van der Waals surface area contributed by atoms with Gasteiger partial charge in [0.05, 0.1) is 6.33 Å². The van der Waals surface area contributed by atoms with Crippen molar-refractivity contribution in [2.45, 2.75) is 38.8 Å². The largest absolute Gasteiger partial charge is 0.352 e. The summed E-state index contributed by atoms with van der Waals surface area (Å²) < 4.78 is 1.79. The molecular formula is C20H25ClN4O2. The van der Waals surface area contributed by atoms with E-state index >= 15 is 0 Å². The fraction of sp³-hybridized carbons (Fsp3) is 0.450. The summed E-state index contributed by atoms with van der Waals surface area (Å²) in [6.07, 6.45) is 8.44. The van der Waals surface area contributed by atoms with E-state index in [1.807, 2.05) is 29.2 Å². The van der Waals surface area contributed by atoms with Crippen LogP contribution in [0.15, 0.2) is 43.0 Å². The number of imidazole rings is 1. The molecule has 1 aromatic carbocycles. The van der Waals surface area contributed by atoms with E-state index in [1.54, 1.807) is 23.3 Å². The lowest BCUT2D eigenvalue weighted by atomic mass is 9.93. The summed E-state index contributed by atoms with van der Waals surface area (Å²) in [6, 6.07) is 7.51. The highest BCUT2D eigenvalue weighted by molar-refractivity contribution is 6.31. The molecule has 0 bridgehead atoms. The van der Waals surface area contributed by atoms with Gasteiger partial charge in [-0.25, -0.2) is 4.98 Å². The number of benzene rings is 1. The number of aromatic nitrogens is 2. The zero-order chi connectivity index (χ0) is 19.1. The first-order chi connectivity index (χ1) is 13.1. The van der Waals surface area contributed by atoms with Crippen LogP contribution in [-0.2, 0) is 22.7 Å². The van der Waals surface area contributed by atoms with Crippen molar-refractivity contribution >= 4 is 23.4 Å². The molecule has 7 heteroatoms. The second-order valence-corrected chi connectivity index (χ2v) is 7.40. The van der Waals surface area contributed by atoms with E-state index in [2.05, 4.69) is 10.3 Å². The second kappa shape index (κ2) is 9.55. The van der Waals surface area contributed by atoms with Crippen LogP contribution in [0.5, 0.6) is 0 Å². The number of likely N-dealkylation sites (tertiary alicyclic amines) is 1. The maximum atomic E-state index is 12.4. The molecule has 0 aliphatic carbocycles. The molecule has 0 radical (unpaired) electrons. The van der Waals surface area contributed by atoms with Gasteiger partial charge in [-0.3, -0.25) is 9.59 Å². The normalized spacial score (nSPS) is 16.9. The van der Waals surface area contributed by atoms with Crippen LogP contribution in [0, 0.1) is 5.92 Å². The predicted octanol–water partition coefficient (Wildman–Crippen LogP) is 2.87. The van der Waals surface area contributed by atoms with Gasteiger partial charge in [-0.2, -0.15) is 0 Å². The SMILES string of the molecule is O=C(CCC1CCCN(C(=O)Cn2ccnc2)C1)NCc1ccccc1Cl. The van der Waals surface area contributed by atoms with Crippen LogP contribution < -0.4 is 5.32 Å². The summed E-state index contributed by atoms with van der Waals surface area (Å²) in [4.78, 5) is 30.5. The van der Waals surface area contributed by atoms with Crippen LogP contribution in [0.1, 0.15) is 31.2 Å². The number of rotatable bonds is 7. The van der Waals surface area contributed by atoms with Crippen LogP contribution in [0.25, 0.3) is 0 Å². The van der Waals surface area contributed by atoms with Crippen LogP contribution >= 0.6 is 11.6 Å². The van der Waals surface area contributed by atoms with Gasteiger partial charge in [0.25, 0.3) is 0 Å². The monoisotopic (exact) mass is 388 g/mol. The van der Waals surface area contributed by atoms with E-state index in [0.717, 1.165) is 37.9 Å². The first-order valence-electron chi connectivity index (χ1n) is 9.35. The van der Waals surface area contributed by atoms with Gasteiger partial charge >= 0.3 is 0 Å². The lowest BCUT2D eigenvalue weighted by Gasteiger charge is -2.33. The zero-order valence-electron chi connectivity index (χ0n) is 15.3. The Morgan fingerprint density at radius 3 is 2.93 bits per heavy atom. The highest BCUT2D eigenvalue weighted by Crippen LogP contribution is 2.21. The van der Waals surface area contributed by atoms with Crippen molar-refractivity contribution in [3.05, 3.63) is 53.6 Å². The summed E-state index contributed by atoms with van der Waals surface area (Å²) in [5.74, 6) is 0.509. The van der Waals surface area contributed by atoms with Gasteiger partial charge < -0.3 is 14.8 Å². The number of nitrogens with one attached hydrogen (secondary N) is 1. The molecule has 1 N–H and O–H groups in total. The second-order valence-electron chi connectivity index (χ2n) is 6.99. The molecule has 1 saturated heterocycles. The number of amides is 2. The Kier molecular flexibility index (Phi) is 6.87. The van der Waals surface area contributed by atoms with Crippen molar-refractivity contribution in [1.29, 1.82) is 0 Å². The van der Waals surface area contributed by atoms with Gasteiger partial charge in [0.2, 0.25) is 11.8 Å². The Morgan fingerprint density at radius 2 is 2.15 bits per heavy atom. The molecule has 1 aliphatic heterocycles.